The van der Waals surface area contributed by atoms with Gasteiger partial charge in [0.1, 0.15) is 6.61 Å². The fourth-order valence-corrected chi connectivity index (χ4v) is 3.18. The highest BCUT2D eigenvalue weighted by molar-refractivity contribution is 9.10. The third-order valence-electron chi connectivity index (χ3n) is 3.97. The zero-order valence-electron chi connectivity index (χ0n) is 16.8. The van der Waals surface area contributed by atoms with Crippen molar-refractivity contribution in [1.29, 1.82) is 0 Å². The molecular formula is C22H23BrO6. The van der Waals surface area contributed by atoms with Crippen molar-refractivity contribution in [3.8, 4) is 28.7 Å². The van der Waals surface area contributed by atoms with E-state index in [4.69, 9.17) is 23.7 Å². The third kappa shape index (κ3) is 5.32. The molecule has 0 radical (unpaired) electrons. The van der Waals surface area contributed by atoms with Crippen molar-refractivity contribution in [2.75, 3.05) is 35.0 Å². The number of methoxy groups -OCH3 is 4. The Labute approximate surface area is 178 Å². The molecule has 2 aromatic carbocycles. The molecule has 0 aliphatic heterocycles. The van der Waals surface area contributed by atoms with Gasteiger partial charge in [0.2, 0.25) is 5.75 Å². The summed E-state index contributed by atoms with van der Waals surface area (Å²) in [6.45, 7) is 3.99. The van der Waals surface area contributed by atoms with Crippen LogP contribution in [0.1, 0.15) is 15.9 Å². The number of carbonyl (C=O) groups is 1. The van der Waals surface area contributed by atoms with Crippen LogP contribution in [-0.2, 0) is 0 Å². The van der Waals surface area contributed by atoms with Crippen LogP contribution >= 0.6 is 15.9 Å². The summed E-state index contributed by atoms with van der Waals surface area (Å²) >= 11 is 3.47. The fraction of sp³-hybridized carbons (Fsp3) is 0.227. The molecule has 0 fully saturated rings. The van der Waals surface area contributed by atoms with E-state index in [1.165, 1.54) is 27.4 Å². The highest BCUT2D eigenvalue weighted by atomic mass is 79.9. The first-order valence-corrected chi connectivity index (χ1v) is 9.41. The Morgan fingerprint density at radius 2 is 1.52 bits per heavy atom. The Bertz CT molecular complexity index is 895. The van der Waals surface area contributed by atoms with Crippen LogP contribution in [0, 0.1) is 0 Å². The van der Waals surface area contributed by atoms with Crippen molar-refractivity contribution < 1.29 is 28.5 Å². The van der Waals surface area contributed by atoms with Crippen LogP contribution in [-0.4, -0.2) is 40.8 Å². The molecule has 0 bridgehead atoms. The minimum atomic E-state index is -0.216. The molecule has 0 spiro atoms. The van der Waals surface area contributed by atoms with Crippen molar-refractivity contribution in [2.45, 2.75) is 0 Å². The summed E-state index contributed by atoms with van der Waals surface area (Å²) in [4.78, 5) is 12.7. The summed E-state index contributed by atoms with van der Waals surface area (Å²) < 4.78 is 27.6. The van der Waals surface area contributed by atoms with Crippen molar-refractivity contribution in [1.82, 2.24) is 0 Å². The maximum atomic E-state index is 12.7. The second-order valence-electron chi connectivity index (χ2n) is 5.75. The number of carbonyl (C=O) groups excluding carboxylic acids is 1. The lowest BCUT2D eigenvalue weighted by Crippen LogP contribution is -2.00. The van der Waals surface area contributed by atoms with Crippen LogP contribution in [0.2, 0.25) is 0 Å². The molecule has 0 amide bonds. The van der Waals surface area contributed by atoms with Gasteiger partial charge < -0.3 is 23.7 Å². The van der Waals surface area contributed by atoms with Gasteiger partial charge in [0, 0.05) is 5.56 Å². The summed E-state index contributed by atoms with van der Waals surface area (Å²) in [5.74, 6) is 2.15. The van der Waals surface area contributed by atoms with E-state index < -0.39 is 0 Å². The van der Waals surface area contributed by atoms with Crippen molar-refractivity contribution >= 4 is 27.8 Å². The molecular weight excluding hydrogens is 440 g/mol. The maximum Gasteiger partial charge on any atom is 0.203 e. The second-order valence-corrected chi connectivity index (χ2v) is 6.60. The highest BCUT2D eigenvalue weighted by Gasteiger charge is 2.16. The molecule has 0 atom stereocenters. The van der Waals surface area contributed by atoms with Gasteiger partial charge in [-0.15, -0.1) is 0 Å². The number of benzene rings is 2. The van der Waals surface area contributed by atoms with Crippen molar-refractivity contribution in [3.05, 3.63) is 58.6 Å². The van der Waals surface area contributed by atoms with Crippen LogP contribution in [0.4, 0.5) is 0 Å². The molecule has 0 N–H and O–H groups in total. The molecule has 0 unspecified atom stereocenters. The molecule has 0 saturated heterocycles. The molecule has 2 aromatic rings. The lowest BCUT2D eigenvalue weighted by molar-refractivity contribution is 0.104. The van der Waals surface area contributed by atoms with Crippen LogP contribution in [0.3, 0.4) is 0 Å². The summed E-state index contributed by atoms with van der Waals surface area (Å²) in [6, 6.07) is 6.83. The van der Waals surface area contributed by atoms with Crippen molar-refractivity contribution in [2.24, 2.45) is 0 Å². The van der Waals surface area contributed by atoms with Gasteiger partial charge in [-0.25, -0.2) is 0 Å². The van der Waals surface area contributed by atoms with Crippen LogP contribution in [0.5, 0.6) is 28.7 Å². The molecule has 6 nitrogen and oxygen atoms in total. The van der Waals surface area contributed by atoms with E-state index in [9.17, 15) is 4.79 Å². The number of hydrogen-bond donors (Lipinski definition) is 0. The number of halogens is 1. The van der Waals surface area contributed by atoms with Crippen LogP contribution < -0.4 is 23.7 Å². The molecule has 7 heteroatoms. The van der Waals surface area contributed by atoms with Gasteiger partial charge in [0.15, 0.2) is 28.8 Å². The minimum absolute atomic E-state index is 0.216. The van der Waals surface area contributed by atoms with E-state index >= 15 is 0 Å². The molecule has 0 saturated carbocycles. The lowest BCUT2D eigenvalue weighted by atomic mass is 10.1. The zero-order valence-corrected chi connectivity index (χ0v) is 18.4. The average molecular weight is 463 g/mol. The van der Waals surface area contributed by atoms with Gasteiger partial charge in [-0.2, -0.15) is 0 Å². The lowest BCUT2D eigenvalue weighted by Gasteiger charge is -2.13. The largest absolute Gasteiger partial charge is 0.493 e. The first-order chi connectivity index (χ1) is 14.0. The van der Waals surface area contributed by atoms with Gasteiger partial charge in [-0.1, -0.05) is 18.7 Å². The number of ether oxygens (including phenoxy) is 5. The van der Waals surface area contributed by atoms with Gasteiger partial charge in [0.25, 0.3) is 0 Å². The van der Waals surface area contributed by atoms with Gasteiger partial charge >= 0.3 is 0 Å². The van der Waals surface area contributed by atoms with E-state index in [1.807, 2.05) is 6.07 Å². The third-order valence-corrected chi connectivity index (χ3v) is 4.56. The first kappa shape index (κ1) is 22.4. The Kier molecular flexibility index (Phi) is 8.15. The summed E-state index contributed by atoms with van der Waals surface area (Å²) in [7, 11) is 6.06. The standard InChI is InChI=1S/C22H23BrO6/c1-6-9-29-21-16(23)10-14(11-18(21)25-2)7-8-17(24)15-12-19(26-3)22(28-5)20(13-15)27-4/h6-8,10-13H,1,9H2,2-5H3/b8-7+. The molecule has 154 valence electrons. The molecule has 0 aromatic heterocycles. The minimum Gasteiger partial charge on any atom is -0.493 e. The number of ketones is 1. The molecule has 0 heterocycles. The molecule has 2 rings (SSSR count). The Balaban J connectivity index is 2.33. The smallest absolute Gasteiger partial charge is 0.203 e. The quantitative estimate of drug-likeness (QED) is 0.283. The summed E-state index contributed by atoms with van der Waals surface area (Å²) in [6.07, 6.45) is 4.80. The Hall–Kier alpha value is -2.93. The number of allylic oxidation sites excluding steroid dienone is 1. The Morgan fingerprint density at radius 1 is 0.931 bits per heavy atom. The van der Waals surface area contributed by atoms with E-state index in [0.29, 0.717) is 45.4 Å². The SMILES string of the molecule is C=CCOc1c(Br)cc(/C=C/C(=O)c2cc(OC)c(OC)c(OC)c2)cc1OC. The number of hydrogen-bond acceptors (Lipinski definition) is 6. The molecule has 0 aliphatic carbocycles. The predicted octanol–water partition coefficient (Wildman–Crippen LogP) is 4.94. The first-order valence-electron chi connectivity index (χ1n) is 8.62. The maximum absolute atomic E-state index is 12.7. The topological polar surface area (TPSA) is 63.2 Å². The molecule has 0 aliphatic rings. The van der Waals surface area contributed by atoms with Crippen LogP contribution in [0.25, 0.3) is 6.08 Å². The average Bonchev–Trinajstić information content (AvgIpc) is 2.74. The van der Waals surface area contributed by atoms with Crippen LogP contribution in [0.15, 0.2) is 47.5 Å². The van der Waals surface area contributed by atoms with Crippen molar-refractivity contribution in [3.63, 3.8) is 0 Å². The Morgan fingerprint density at radius 3 is 2.03 bits per heavy atom. The summed E-state index contributed by atoms with van der Waals surface area (Å²) in [5, 5.41) is 0. The second kappa shape index (κ2) is 10.6. The fourth-order valence-electron chi connectivity index (χ4n) is 2.61. The van der Waals surface area contributed by atoms with Gasteiger partial charge in [0.05, 0.1) is 32.9 Å². The van der Waals surface area contributed by atoms with E-state index in [-0.39, 0.29) is 5.78 Å². The van der Waals surface area contributed by atoms with E-state index in [0.717, 1.165) is 5.56 Å². The highest BCUT2D eigenvalue weighted by Crippen LogP contribution is 2.39. The predicted molar refractivity (Wildman–Crippen MR) is 116 cm³/mol. The van der Waals surface area contributed by atoms with E-state index in [1.54, 1.807) is 37.5 Å². The summed E-state index contributed by atoms with van der Waals surface area (Å²) in [5.41, 5.74) is 1.17. The molecule has 29 heavy (non-hydrogen) atoms. The van der Waals surface area contributed by atoms with Gasteiger partial charge in [-0.3, -0.25) is 4.79 Å². The van der Waals surface area contributed by atoms with Gasteiger partial charge in [-0.05, 0) is 51.8 Å². The normalized spacial score (nSPS) is 10.5. The number of rotatable bonds is 10. The van der Waals surface area contributed by atoms with E-state index in [2.05, 4.69) is 22.5 Å². The monoisotopic (exact) mass is 462 g/mol. The zero-order chi connectivity index (χ0) is 21.4.